The van der Waals surface area contributed by atoms with Gasteiger partial charge in [0.05, 0.1) is 12.1 Å². The number of halogens is 1. The van der Waals surface area contributed by atoms with Crippen LogP contribution in [-0.2, 0) is 14.2 Å². The Hall–Kier alpha value is -5.73. The number of ether oxygens (including phenoxy) is 3. The van der Waals surface area contributed by atoms with Crippen LogP contribution in [0.2, 0.25) is 0 Å². The van der Waals surface area contributed by atoms with Crippen LogP contribution in [0.15, 0.2) is 60.7 Å². The monoisotopic (exact) mass is 708 g/mol. The van der Waals surface area contributed by atoms with Gasteiger partial charge >= 0.3 is 18.3 Å². The lowest BCUT2D eigenvalue weighted by Gasteiger charge is -2.31. The second-order valence-electron chi connectivity index (χ2n) is 14.3. The Morgan fingerprint density at radius 3 is 1.78 bits per heavy atom. The minimum Gasteiger partial charge on any atom is -0.443 e. The van der Waals surface area contributed by atoms with E-state index in [0.29, 0.717) is 10.6 Å². The van der Waals surface area contributed by atoms with Crippen molar-refractivity contribution in [2.24, 2.45) is 5.73 Å². The van der Waals surface area contributed by atoms with Crippen molar-refractivity contribution in [1.82, 2.24) is 9.88 Å². The van der Waals surface area contributed by atoms with Crippen molar-refractivity contribution in [3.8, 4) is 0 Å². The van der Waals surface area contributed by atoms with Gasteiger partial charge in [0.25, 0.3) is 11.8 Å². The first kappa shape index (κ1) is 39.7. The Bertz CT molecular complexity index is 1740. The predicted octanol–water partition coefficient (Wildman–Crippen LogP) is 7.23. The van der Waals surface area contributed by atoms with Crippen LogP contribution >= 0.6 is 0 Å². The van der Waals surface area contributed by atoms with E-state index < -0.39 is 71.6 Å². The fourth-order valence-electron chi connectivity index (χ4n) is 4.24. The highest BCUT2D eigenvalue weighted by Gasteiger charge is 2.34. The van der Waals surface area contributed by atoms with Crippen LogP contribution in [0, 0.1) is 5.82 Å². The van der Waals surface area contributed by atoms with Crippen LogP contribution in [0.1, 0.15) is 83.0 Å². The molecule has 0 radical (unpaired) electrons. The maximum atomic E-state index is 15.8. The number of primary amides is 1. The lowest BCUT2D eigenvalue weighted by Crippen LogP contribution is -2.48. The number of benzene rings is 2. The van der Waals surface area contributed by atoms with Crippen molar-refractivity contribution in [2.45, 2.75) is 79.1 Å². The number of carbonyl (C=O) groups is 5. The first-order valence-electron chi connectivity index (χ1n) is 16.0. The predicted molar refractivity (Wildman–Crippen MR) is 190 cm³/mol. The number of nitrogens with one attached hydrogen (secondary N) is 2. The lowest BCUT2D eigenvalue weighted by molar-refractivity contribution is 0.00150. The van der Waals surface area contributed by atoms with Gasteiger partial charge in [0.2, 0.25) is 0 Å². The van der Waals surface area contributed by atoms with E-state index in [4.69, 9.17) is 19.9 Å². The fourth-order valence-corrected chi connectivity index (χ4v) is 4.24. The fraction of sp³-hybridized carbons (Fsp3) is 0.389. The molecule has 0 unspecified atom stereocenters. The van der Waals surface area contributed by atoms with E-state index in [1.165, 1.54) is 6.07 Å². The van der Waals surface area contributed by atoms with Gasteiger partial charge < -0.3 is 30.6 Å². The molecule has 0 saturated heterocycles. The van der Waals surface area contributed by atoms with Gasteiger partial charge in [0.15, 0.2) is 11.6 Å². The Kier molecular flexibility index (Phi) is 12.4. The van der Waals surface area contributed by atoms with Crippen molar-refractivity contribution in [3.05, 3.63) is 77.6 Å². The zero-order valence-electron chi connectivity index (χ0n) is 30.3. The van der Waals surface area contributed by atoms with Crippen molar-refractivity contribution in [2.75, 3.05) is 28.6 Å². The summed E-state index contributed by atoms with van der Waals surface area (Å²) in [7, 11) is 0. The van der Waals surface area contributed by atoms with Gasteiger partial charge in [-0.25, -0.2) is 28.7 Å². The zero-order chi connectivity index (χ0) is 38.3. The number of hydrogen-bond donors (Lipinski definition) is 3. The number of anilines is 4. The molecular formula is C36H45FN6O8. The molecule has 5 amide bonds. The molecule has 0 aliphatic rings. The summed E-state index contributed by atoms with van der Waals surface area (Å²) < 4.78 is 32.2. The van der Waals surface area contributed by atoms with Gasteiger partial charge in [0.1, 0.15) is 22.6 Å². The lowest BCUT2D eigenvalue weighted by atomic mass is 10.1. The average molecular weight is 709 g/mol. The van der Waals surface area contributed by atoms with Crippen LogP contribution in [0.5, 0.6) is 0 Å². The van der Waals surface area contributed by atoms with Crippen molar-refractivity contribution < 1.29 is 42.6 Å². The largest absolute Gasteiger partial charge is 0.443 e. The maximum absolute atomic E-state index is 15.8. The van der Waals surface area contributed by atoms with E-state index in [-0.39, 0.29) is 22.6 Å². The van der Waals surface area contributed by atoms with Gasteiger partial charge in [-0.05, 0) is 98.7 Å². The molecular weight excluding hydrogens is 663 g/mol. The number of hydrogen-bond acceptors (Lipinski definition) is 10. The van der Waals surface area contributed by atoms with Crippen LogP contribution in [0.25, 0.3) is 0 Å². The minimum absolute atomic E-state index is 0.242. The molecule has 15 heteroatoms. The number of nitrogens with zero attached hydrogens (tertiary/aromatic N) is 3. The van der Waals surface area contributed by atoms with Crippen LogP contribution < -0.4 is 21.3 Å². The molecule has 4 N–H and O–H groups in total. The van der Waals surface area contributed by atoms with E-state index in [1.807, 2.05) is 6.07 Å². The van der Waals surface area contributed by atoms with Crippen molar-refractivity contribution in [1.29, 1.82) is 0 Å². The van der Waals surface area contributed by atoms with Crippen LogP contribution in [-0.4, -0.2) is 69.9 Å². The van der Waals surface area contributed by atoms with Gasteiger partial charge in [-0.1, -0.05) is 24.3 Å². The Labute approximate surface area is 296 Å². The Morgan fingerprint density at radius 2 is 1.25 bits per heavy atom. The van der Waals surface area contributed by atoms with E-state index in [9.17, 15) is 24.0 Å². The first-order chi connectivity index (χ1) is 23.5. The van der Waals surface area contributed by atoms with E-state index in [0.717, 1.165) is 11.0 Å². The molecule has 0 spiro atoms. The topological polar surface area (TPSA) is 182 Å². The molecule has 2 aromatic carbocycles. The number of amides is 5. The summed E-state index contributed by atoms with van der Waals surface area (Å²) in [5.74, 6) is -3.49. The quantitative estimate of drug-likeness (QED) is 0.192. The molecule has 1 aromatic heterocycles. The normalized spacial score (nSPS) is 11.6. The second kappa shape index (κ2) is 15.9. The second-order valence-corrected chi connectivity index (χ2v) is 14.3. The highest BCUT2D eigenvalue weighted by atomic mass is 19.1. The number of para-hydroxylation sites is 1. The molecule has 0 saturated carbocycles. The van der Waals surface area contributed by atoms with Gasteiger partial charge in [-0.15, -0.1) is 0 Å². The minimum atomic E-state index is -1.14. The van der Waals surface area contributed by atoms with E-state index >= 15 is 4.39 Å². The van der Waals surface area contributed by atoms with Gasteiger partial charge in [-0.3, -0.25) is 14.5 Å². The highest BCUT2D eigenvalue weighted by Crippen LogP contribution is 2.28. The molecule has 51 heavy (non-hydrogen) atoms. The first-order valence-corrected chi connectivity index (χ1v) is 16.0. The Balaban J connectivity index is 2.05. The van der Waals surface area contributed by atoms with Crippen molar-refractivity contribution >= 4 is 53.1 Å². The van der Waals surface area contributed by atoms with Gasteiger partial charge in [-0.2, -0.15) is 0 Å². The Morgan fingerprint density at radius 1 is 0.725 bits per heavy atom. The third-order valence-corrected chi connectivity index (χ3v) is 6.29. The molecule has 0 aliphatic heterocycles. The molecule has 1 heterocycles. The molecule has 0 aliphatic carbocycles. The number of pyridine rings is 1. The molecule has 3 rings (SSSR count). The van der Waals surface area contributed by atoms with Crippen molar-refractivity contribution in [3.63, 3.8) is 0 Å². The number of rotatable bonds is 9. The average Bonchev–Trinajstić information content (AvgIpc) is 2.98. The summed E-state index contributed by atoms with van der Waals surface area (Å²) in [6.07, 6.45) is -3.23. The number of carbonyl (C=O) groups excluding carboxylic acids is 5. The van der Waals surface area contributed by atoms with E-state index in [1.54, 1.807) is 105 Å². The van der Waals surface area contributed by atoms with Crippen LogP contribution in [0.3, 0.4) is 0 Å². The highest BCUT2D eigenvalue weighted by molar-refractivity contribution is 6.05. The number of nitrogens with two attached hydrogens (primary N) is 1. The summed E-state index contributed by atoms with van der Waals surface area (Å²) in [5, 5.41) is 5.65. The molecule has 14 nitrogen and oxygen atoms in total. The maximum Gasteiger partial charge on any atom is 0.419 e. The van der Waals surface area contributed by atoms with E-state index in [2.05, 4.69) is 15.6 Å². The number of imide groups is 1. The molecule has 274 valence electrons. The summed E-state index contributed by atoms with van der Waals surface area (Å²) >= 11 is 0. The molecule has 0 fully saturated rings. The summed E-state index contributed by atoms with van der Waals surface area (Å²) in [6.45, 7) is 13.3. The third-order valence-electron chi connectivity index (χ3n) is 6.29. The number of aromatic nitrogens is 1. The molecule has 3 aromatic rings. The SMILES string of the molecule is CC(C)(C)OC(=O)N(CCN(C(=O)OC(C)(C)C)c1nc(Nc2cccc(C(=O)Nc3ccccc3)c2)c(C(N)=O)cc1F)C(=O)OC(C)(C)C. The molecule has 0 atom stereocenters. The standard InChI is InChI=1S/C36H45FN6O8/c1-34(2,3)49-31(46)42(18-19-43(32(47)50-35(4,5)6)33(48)51-36(7,8)9)29-26(37)21-25(27(38)44)28(41-29)39-24-17-13-14-22(20-24)30(45)40-23-15-11-10-12-16-23/h10-17,20-21H,18-19H2,1-9H3,(H2,38,44)(H,39,41)(H,40,45). The smallest absolute Gasteiger partial charge is 0.419 e. The zero-order valence-corrected chi connectivity index (χ0v) is 30.3. The molecule has 0 bridgehead atoms. The summed E-state index contributed by atoms with van der Waals surface area (Å²) in [5.41, 5.74) is 3.23. The van der Waals surface area contributed by atoms with Crippen LogP contribution in [0.4, 0.5) is 41.8 Å². The third kappa shape index (κ3) is 12.3. The summed E-state index contributed by atoms with van der Waals surface area (Å²) in [6, 6.07) is 15.8. The van der Waals surface area contributed by atoms with Gasteiger partial charge in [0, 0.05) is 23.5 Å². The summed E-state index contributed by atoms with van der Waals surface area (Å²) in [4.78, 5) is 70.9.